The zero-order valence-electron chi connectivity index (χ0n) is 10.6. The highest BCUT2D eigenvalue weighted by molar-refractivity contribution is 9.11. The Hall–Kier alpha value is -0.690. The summed E-state index contributed by atoms with van der Waals surface area (Å²) in [6.45, 7) is 2.95. The van der Waals surface area contributed by atoms with Crippen molar-refractivity contribution < 1.29 is 0 Å². The SMILES string of the molecule is CCn1cc(CC(NN)c2cc(Br)ccc2Br)cn1. The van der Waals surface area contributed by atoms with Crippen molar-refractivity contribution in [2.75, 3.05) is 0 Å². The van der Waals surface area contributed by atoms with E-state index in [0.717, 1.165) is 33.0 Å². The Morgan fingerprint density at radius 2 is 2.21 bits per heavy atom. The summed E-state index contributed by atoms with van der Waals surface area (Å²) in [7, 11) is 0. The van der Waals surface area contributed by atoms with Gasteiger partial charge in [-0.3, -0.25) is 16.0 Å². The molecule has 0 aliphatic carbocycles. The van der Waals surface area contributed by atoms with Crippen LogP contribution in [0, 0.1) is 0 Å². The van der Waals surface area contributed by atoms with Gasteiger partial charge in [0.1, 0.15) is 0 Å². The Labute approximate surface area is 129 Å². The molecular formula is C13H16Br2N4. The smallest absolute Gasteiger partial charge is 0.0522 e. The van der Waals surface area contributed by atoms with Crippen LogP contribution in [-0.4, -0.2) is 9.78 Å². The number of nitrogens with two attached hydrogens (primary N) is 1. The van der Waals surface area contributed by atoms with Crippen LogP contribution in [0.25, 0.3) is 0 Å². The highest BCUT2D eigenvalue weighted by atomic mass is 79.9. The van der Waals surface area contributed by atoms with Gasteiger partial charge in [-0.25, -0.2) is 0 Å². The van der Waals surface area contributed by atoms with E-state index in [0.29, 0.717) is 0 Å². The fraction of sp³-hybridized carbons (Fsp3) is 0.308. The maximum Gasteiger partial charge on any atom is 0.0522 e. The molecule has 1 unspecified atom stereocenters. The number of hydrogen-bond donors (Lipinski definition) is 2. The molecule has 2 aromatic rings. The molecule has 0 fully saturated rings. The molecule has 102 valence electrons. The van der Waals surface area contributed by atoms with Gasteiger partial charge in [0, 0.05) is 21.7 Å². The molecule has 3 N–H and O–H groups in total. The molecule has 1 atom stereocenters. The Morgan fingerprint density at radius 1 is 1.42 bits per heavy atom. The Balaban J connectivity index is 2.22. The van der Waals surface area contributed by atoms with Gasteiger partial charge in [-0.05, 0) is 42.7 Å². The van der Waals surface area contributed by atoms with Crippen LogP contribution >= 0.6 is 31.9 Å². The maximum absolute atomic E-state index is 5.70. The molecule has 0 bridgehead atoms. The number of benzene rings is 1. The highest BCUT2D eigenvalue weighted by Gasteiger charge is 2.15. The van der Waals surface area contributed by atoms with Crippen LogP contribution in [0.15, 0.2) is 39.5 Å². The minimum atomic E-state index is 0.0429. The number of aromatic nitrogens is 2. The molecule has 0 spiro atoms. The second-order valence-electron chi connectivity index (χ2n) is 4.29. The second-order valence-corrected chi connectivity index (χ2v) is 6.06. The van der Waals surface area contributed by atoms with E-state index >= 15 is 0 Å². The van der Waals surface area contributed by atoms with Gasteiger partial charge in [0.25, 0.3) is 0 Å². The third-order valence-corrected chi connectivity index (χ3v) is 4.20. The summed E-state index contributed by atoms with van der Waals surface area (Å²) >= 11 is 7.06. The summed E-state index contributed by atoms with van der Waals surface area (Å²) < 4.78 is 4.00. The van der Waals surface area contributed by atoms with Crippen molar-refractivity contribution in [3.8, 4) is 0 Å². The van der Waals surface area contributed by atoms with E-state index in [-0.39, 0.29) is 6.04 Å². The number of nitrogens with one attached hydrogen (secondary N) is 1. The quantitative estimate of drug-likeness (QED) is 0.611. The van der Waals surface area contributed by atoms with Crippen LogP contribution in [0.1, 0.15) is 24.1 Å². The standard InChI is InChI=1S/C13H16Br2N4/c1-2-19-8-9(7-17-19)5-13(18-16)11-6-10(14)3-4-12(11)15/h3-4,6-8,13,18H,2,5,16H2,1H3. The molecule has 4 nitrogen and oxygen atoms in total. The van der Waals surface area contributed by atoms with Gasteiger partial charge >= 0.3 is 0 Å². The molecule has 0 saturated carbocycles. The number of hydrazine groups is 1. The average molecular weight is 388 g/mol. The van der Waals surface area contributed by atoms with E-state index in [1.165, 1.54) is 0 Å². The predicted molar refractivity (Wildman–Crippen MR) is 83.5 cm³/mol. The first-order chi connectivity index (χ1) is 9.13. The minimum absolute atomic E-state index is 0.0429. The van der Waals surface area contributed by atoms with Crippen molar-refractivity contribution in [2.45, 2.75) is 25.9 Å². The molecule has 6 heteroatoms. The second kappa shape index (κ2) is 6.65. The summed E-state index contributed by atoms with van der Waals surface area (Å²) in [4.78, 5) is 0. The molecule has 19 heavy (non-hydrogen) atoms. The highest BCUT2D eigenvalue weighted by Crippen LogP contribution is 2.28. The van der Waals surface area contributed by atoms with Crippen LogP contribution in [0.5, 0.6) is 0 Å². The van der Waals surface area contributed by atoms with Gasteiger partial charge in [0.2, 0.25) is 0 Å². The zero-order chi connectivity index (χ0) is 13.8. The summed E-state index contributed by atoms with van der Waals surface area (Å²) in [5, 5.41) is 4.28. The lowest BCUT2D eigenvalue weighted by atomic mass is 10.0. The maximum atomic E-state index is 5.70. The predicted octanol–water partition coefficient (Wildman–Crippen LogP) is 3.18. The van der Waals surface area contributed by atoms with E-state index in [2.05, 4.69) is 61.6 Å². The van der Waals surface area contributed by atoms with E-state index in [4.69, 9.17) is 5.84 Å². The van der Waals surface area contributed by atoms with Gasteiger partial charge in [-0.2, -0.15) is 5.10 Å². The summed E-state index contributed by atoms with van der Waals surface area (Å²) in [5.74, 6) is 5.70. The molecule has 1 aromatic carbocycles. The van der Waals surface area contributed by atoms with Gasteiger partial charge < -0.3 is 0 Å². The summed E-state index contributed by atoms with van der Waals surface area (Å²) in [6.07, 6.45) is 4.74. The van der Waals surface area contributed by atoms with Crippen LogP contribution in [0.4, 0.5) is 0 Å². The van der Waals surface area contributed by atoms with Gasteiger partial charge in [-0.15, -0.1) is 0 Å². The van der Waals surface area contributed by atoms with Crippen molar-refractivity contribution in [1.29, 1.82) is 0 Å². The first-order valence-electron chi connectivity index (χ1n) is 6.06. The molecule has 0 amide bonds. The van der Waals surface area contributed by atoms with Crippen molar-refractivity contribution in [3.63, 3.8) is 0 Å². The molecule has 0 saturated heterocycles. The first kappa shape index (κ1) is 14.7. The molecule has 1 heterocycles. The monoisotopic (exact) mass is 386 g/mol. The summed E-state index contributed by atoms with van der Waals surface area (Å²) in [5.41, 5.74) is 5.16. The Kier molecular flexibility index (Phi) is 5.15. The number of aryl methyl sites for hydroxylation is 1. The van der Waals surface area contributed by atoms with Gasteiger partial charge in [-0.1, -0.05) is 31.9 Å². The topological polar surface area (TPSA) is 55.9 Å². The van der Waals surface area contributed by atoms with Crippen LogP contribution in [0.3, 0.4) is 0 Å². The zero-order valence-corrected chi connectivity index (χ0v) is 13.8. The van der Waals surface area contributed by atoms with E-state index in [1.807, 2.05) is 23.0 Å². The minimum Gasteiger partial charge on any atom is -0.273 e. The number of nitrogens with zero attached hydrogens (tertiary/aromatic N) is 2. The van der Waals surface area contributed by atoms with Crippen molar-refractivity contribution >= 4 is 31.9 Å². The normalized spacial score (nSPS) is 12.6. The van der Waals surface area contributed by atoms with Gasteiger partial charge in [0.15, 0.2) is 0 Å². The molecule has 0 radical (unpaired) electrons. The largest absolute Gasteiger partial charge is 0.273 e. The van der Waals surface area contributed by atoms with E-state index < -0.39 is 0 Å². The van der Waals surface area contributed by atoms with Gasteiger partial charge in [0.05, 0.1) is 12.2 Å². The molecule has 0 aliphatic rings. The Bertz CT molecular complexity index is 553. The van der Waals surface area contributed by atoms with Crippen molar-refractivity contribution in [2.24, 2.45) is 5.84 Å². The number of rotatable bonds is 5. The lowest BCUT2D eigenvalue weighted by Gasteiger charge is -2.17. The number of hydrogen-bond acceptors (Lipinski definition) is 3. The molecule has 0 aliphatic heterocycles. The molecular weight excluding hydrogens is 372 g/mol. The van der Waals surface area contributed by atoms with E-state index in [1.54, 1.807) is 0 Å². The third-order valence-electron chi connectivity index (χ3n) is 2.99. The lowest BCUT2D eigenvalue weighted by Crippen LogP contribution is -2.29. The first-order valence-corrected chi connectivity index (χ1v) is 7.65. The van der Waals surface area contributed by atoms with Crippen molar-refractivity contribution in [3.05, 3.63) is 50.7 Å². The molecule has 1 aromatic heterocycles. The fourth-order valence-corrected chi connectivity index (χ4v) is 2.86. The Morgan fingerprint density at radius 3 is 2.84 bits per heavy atom. The fourth-order valence-electron chi connectivity index (χ4n) is 1.96. The van der Waals surface area contributed by atoms with Crippen molar-refractivity contribution in [1.82, 2.24) is 15.2 Å². The average Bonchev–Trinajstić information content (AvgIpc) is 2.87. The van der Waals surface area contributed by atoms with Crippen LogP contribution < -0.4 is 11.3 Å². The molecule has 2 rings (SSSR count). The summed E-state index contributed by atoms with van der Waals surface area (Å²) in [6, 6.07) is 6.12. The van der Waals surface area contributed by atoms with Crippen LogP contribution in [-0.2, 0) is 13.0 Å². The van der Waals surface area contributed by atoms with E-state index in [9.17, 15) is 0 Å². The number of halogens is 2. The lowest BCUT2D eigenvalue weighted by molar-refractivity contribution is 0.549. The van der Waals surface area contributed by atoms with Crippen LogP contribution in [0.2, 0.25) is 0 Å². The third kappa shape index (κ3) is 3.66.